The Bertz CT molecular complexity index is 566. The van der Waals surface area contributed by atoms with Gasteiger partial charge in [0.25, 0.3) is 0 Å². The monoisotopic (exact) mass is 320 g/mol. The van der Waals surface area contributed by atoms with Crippen molar-refractivity contribution >= 4 is 11.8 Å². The first-order chi connectivity index (χ1) is 11.0. The van der Waals surface area contributed by atoms with E-state index in [0.29, 0.717) is 31.1 Å². The molecular formula is C17H24N2O4. The van der Waals surface area contributed by atoms with E-state index in [1.165, 1.54) is 0 Å². The number of piperazine rings is 1. The Morgan fingerprint density at radius 3 is 2.30 bits per heavy atom. The molecule has 1 aromatic carbocycles. The largest absolute Gasteiger partial charge is 0.497 e. The van der Waals surface area contributed by atoms with E-state index in [-0.39, 0.29) is 18.2 Å². The van der Waals surface area contributed by atoms with E-state index in [1.54, 1.807) is 37.0 Å². The molecular weight excluding hydrogens is 296 g/mol. The number of benzene rings is 1. The molecule has 2 rings (SSSR count). The number of amides is 2. The summed E-state index contributed by atoms with van der Waals surface area (Å²) < 4.78 is 10.5. The fourth-order valence-corrected chi connectivity index (χ4v) is 2.83. The lowest BCUT2D eigenvalue weighted by atomic mass is 10.1. The summed E-state index contributed by atoms with van der Waals surface area (Å²) in [4.78, 5) is 28.2. The molecule has 1 atom stereocenters. The van der Waals surface area contributed by atoms with Gasteiger partial charge in [-0.2, -0.15) is 0 Å². The molecule has 0 N–H and O–H groups in total. The smallest absolute Gasteiger partial charge is 0.245 e. The third kappa shape index (κ3) is 3.75. The quantitative estimate of drug-likeness (QED) is 0.821. The predicted molar refractivity (Wildman–Crippen MR) is 86.7 cm³/mol. The van der Waals surface area contributed by atoms with Crippen LogP contribution in [0.15, 0.2) is 18.2 Å². The van der Waals surface area contributed by atoms with E-state index in [1.807, 2.05) is 19.1 Å². The number of methoxy groups -OCH3 is 2. The van der Waals surface area contributed by atoms with Crippen LogP contribution in [-0.4, -0.2) is 61.5 Å². The van der Waals surface area contributed by atoms with Gasteiger partial charge in [0, 0.05) is 25.7 Å². The third-order valence-corrected chi connectivity index (χ3v) is 4.22. The van der Waals surface area contributed by atoms with Crippen molar-refractivity contribution in [1.82, 2.24) is 9.80 Å². The van der Waals surface area contributed by atoms with Gasteiger partial charge in [-0.3, -0.25) is 9.59 Å². The number of nitrogens with zero attached hydrogens (tertiary/aromatic N) is 2. The number of rotatable bonds is 5. The normalized spacial score (nSPS) is 18.1. The molecule has 1 heterocycles. The highest BCUT2D eigenvalue weighted by molar-refractivity contribution is 5.89. The summed E-state index contributed by atoms with van der Waals surface area (Å²) >= 11 is 0. The SMILES string of the molecule is CCN1CCN(C(=O)Cc2cc(OC)cc(OC)c2)C(C)C1=O. The van der Waals surface area contributed by atoms with Crippen LogP contribution >= 0.6 is 0 Å². The van der Waals surface area contributed by atoms with Crippen LogP contribution in [0.4, 0.5) is 0 Å². The van der Waals surface area contributed by atoms with Crippen molar-refractivity contribution in [2.75, 3.05) is 33.9 Å². The first-order valence-electron chi connectivity index (χ1n) is 7.80. The van der Waals surface area contributed by atoms with Gasteiger partial charge in [0.1, 0.15) is 17.5 Å². The highest BCUT2D eigenvalue weighted by Gasteiger charge is 2.33. The van der Waals surface area contributed by atoms with E-state index in [9.17, 15) is 9.59 Å². The van der Waals surface area contributed by atoms with Gasteiger partial charge in [-0.05, 0) is 31.5 Å². The summed E-state index contributed by atoms with van der Waals surface area (Å²) in [6, 6.07) is 4.98. The van der Waals surface area contributed by atoms with Crippen LogP contribution in [0.3, 0.4) is 0 Å². The van der Waals surface area contributed by atoms with Crippen LogP contribution in [0.1, 0.15) is 19.4 Å². The minimum atomic E-state index is -0.413. The Balaban J connectivity index is 2.11. The Labute approximate surface area is 137 Å². The average Bonchev–Trinajstić information content (AvgIpc) is 2.56. The summed E-state index contributed by atoms with van der Waals surface area (Å²) in [6.45, 7) is 5.57. The first kappa shape index (κ1) is 17.1. The van der Waals surface area contributed by atoms with Crippen molar-refractivity contribution in [2.45, 2.75) is 26.3 Å². The molecule has 1 aliphatic heterocycles. The number of ether oxygens (including phenoxy) is 2. The molecule has 0 aromatic heterocycles. The zero-order valence-corrected chi connectivity index (χ0v) is 14.2. The number of carbonyl (C=O) groups is 2. The predicted octanol–water partition coefficient (Wildman–Crippen LogP) is 1.33. The third-order valence-electron chi connectivity index (χ3n) is 4.22. The highest BCUT2D eigenvalue weighted by atomic mass is 16.5. The van der Waals surface area contributed by atoms with Crippen LogP contribution < -0.4 is 9.47 Å². The second-order valence-corrected chi connectivity index (χ2v) is 5.58. The van der Waals surface area contributed by atoms with Crippen molar-refractivity contribution in [3.8, 4) is 11.5 Å². The first-order valence-corrected chi connectivity index (χ1v) is 7.80. The molecule has 1 aliphatic rings. The van der Waals surface area contributed by atoms with E-state index in [0.717, 1.165) is 5.56 Å². The molecule has 2 amide bonds. The van der Waals surface area contributed by atoms with Crippen molar-refractivity contribution < 1.29 is 19.1 Å². The Morgan fingerprint density at radius 1 is 1.17 bits per heavy atom. The maximum absolute atomic E-state index is 12.6. The van der Waals surface area contributed by atoms with Gasteiger partial charge in [0.15, 0.2) is 0 Å². The molecule has 0 saturated carbocycles. The van der Waals surface area contributed by atoms with Crippen LogP contribution in [0.2, 0.25) is 0 Å². The fourth-order valence-electron chi connectivity index (χ4n) is 2.83. The second kappa shape index (κ2) is 7.35. The van der Waals surface area contributed by atoms with Crippen molar-refractivity contribution in [1.29, 1.82) is 0 Å². The van der Waals surface area contributed by atoms with Crippen molar-refractivity contribution in [3.63, 3.8) is 0 Å². The average molecular weight is 320 g/mol. The van der Waals surface area contributed by atoms with Crippen molar-refractivity contribution in [2.24, 2.45) is 0 Å². The van der Waals surface area contributed by atoms with Crippen LogP contribution in [0, 0.1) is 0 Å². The summed E-state index contributed by atoms with van der Waals surface area (Å²) in [5, 5.41) is 0. The Kier molecular flexibility index (Phi) is 5.47. The van der Waals surface area contributed by atoms with E-state index < -0.39 is 6.04 Å². The molecule has 1 aromatic rings. The molecule has 0 spiro atoms. The molecule has 1 saturated heterocycles. The zero-order chi connectivity index (χ0) is 17.0. The van der Waals surface area contributed by atoms with Gasteiger partial charge >= 0.3 is 0 Å². The fraction of sp³-hybridized carbons (Fsp3) is 0.529. The highest BCUT2D eigenvalue weighted by Crippen LogP contribution is 2.23. The van der Waals surface area contributed by atoms with Crippen molar-refractivity contribution in [3.05, 3.63) is 23.8 Å². The number of hydrogen-bond acceptors (Lipinski definition) is 4. The van der Waals surface area contributed by atoms with Gasteiger partial charge in [-0.15, -0.1) is 0 Å². The van der Waals surface area contributed by atoms with Gasteiger partial charge in [0.2, 0.25) is 11.8 Å². The molecule has 0 bridgehead atoms. The second-order valence-electron chi connectivity index (χ2n) is 5.58. The number of carbonyl (C=O) groups excluding carboxylic acids is 2. The van der Waals surface area contributed by atoms with Gasteiger partial charge in [-0.1, -0.05) is 0 Å². The molecule has 6 heteroatoms. The maximum Gasteiger partial charge on any atom is 0.245 e. The minimum absolute atomic E-state index is 0.00956. The lowest BCUT2D eigenvalue weighted by molar-refractivity contribution is -0.150. The topological polar surface area (TPSA) is 59.1 Å². The molecule has 6 nitrogen and oxygen atoms in total. The lowest BCUT2D eigenvalue weighted by Crippen LogP contribution is -2.57. The molecule has 23 heavy (non-hydrogen) atoms. The van der Waals surface area contributed by atoms with E-state index in [4.69, 9.17) is 9.47 Å². The van der Waals surface area contributed by atoms with E-state index >= 15 is 0 Å². The Hall–Kier alpha value is -2.24. The van der Waals surface area contributed by atoms with Gasteiger partial charge in [0.05, 0.1) is 20.6 Å². The van der Waals surface area contributed by atoms with E-state index in [2.05, 4.69) is 0 Å². The number of likely N-dealkylation sites (N-methyl/N-ethyl adjacent to an activating group) is 1. The van der Waals surface area contributed by atoms with Crippen LogP contribution in [0.5, 0.6) is 11.5 Å². The maximum atomic E-state index is 12.6. The lowest BCUT2D eigenvalue weighted by Gasteiger charge is -2.38. The summed E-state index contributed by atoms with van der Waals surface area (Å²) in [7, 11) is 3.15. The molecule has 0 aliphatic carbocycles. The van der Waals surface area contributed by atoms with Crippen LogP contribution in [0.25, 0.3) is 0 Å². The van der Waals surface area contributed by atoms with Crippen LogP contribution in [-0.2, 0) is 16.0 Å². The summed E-state index contributed by atoms with van der Waals surface area (Å²) in [5.74, 6) is 1.24. The number of hydrogen-bond donors (Lipinski definition) is 0. The molecule has 1 fully saturated rings. The minimum Gasteiger partial charge on any atom is -0.497 e. The summed E-state index contributed by atoms with van der Waals surface area (Å²) in [6.07, 6.45) is 0.220. The standard InChI is InChI=1S/C17H24N2O4/c1-5-18-6-7-19(12(2)17(18)21)16(20)10-13-8-14(22-3)11-15(9-13)23-4/h8-9,11-12H,5-7,10H2,1-4H3. The van der Waals surface area contributed by atoms with Gasteiger partial charge in [-0.25, -0.2) is 0 Å². The molecule has 1 unspecified atom stereocenters. The Morgan fingerprint density at radius 2 is 1.78 bits per heavy atom. The molecule has 0 radical (unpaired) electrons. The zero-order valence-electron chi connectivity index (χ0n) is 14.2. The van der Waals surface area contributed by atoms with Gasteiger partial charge < -0.3 is 19.3 Å². The molecule has 126 valence electrons. The summed E-state index contributed by atoms with van der Waals surface area (Å²) in [5.41, 5.74) is 0.809.